The number of carbonyl (C=O) groups excluding carboxylic acids is 1. The molecule has 0 saturated carbocycles. The molecule has 23 heavy (non-hydrogen) atoms. The number of anilines is 1. The SMILES string of the molecule is Cn1cnc(N2CCC(F)(CNC(=O)C(C)(C)C)CC2)cc1=O. The quantitative estimate of drug-likeness (QED) is 0.909. The van der Waals surface area contributed by atoms with Crippen LogP contribution in [0.5, 0.6) is 0 Å². The standard InChI is InChI=1S/C16H25FN4O2/c1-15(2,3)14(23)18-10-16(17)5-7-21(8-6-16)12-9-13(22)20(4)11-19-12/h9,11H,5-8,10H2,1-4H3,(H,18,23). The number of aromatic nitrogens is 2. The van der Waals surface area contributed by atoms with E-state index in [9.17, 15) is 14.0 Å². The third kappa shape index (κ3) is 4.30. The van der Waals surface area contributed by atoms with Crippen LogP contribution in [0, 0.1) is 5.41 Å². The van der Waals surface area contributed by atoms with Crippen LogP contribution >= 0.6 is 0 Å². The average Bonchev–Trinajstić information content (AvgIpc) is 2.48. The molecule has 6 nitrogen and oxygen atoms in total. The minimum absolute atomic E-state index is 0.0287. The summed E-state index contributed by atoms with van der Waals surface area (Å²) in [5.74, 6) is 0.430. The van der Waals surface area contributed by atoms with Crippen LogP contribution in [-0.2, 0) is 11.8 Å². The van der Waals surface area contributed by atoms with E-state index >= 15 is 0 Å². The van der Waals surface area contributed by atoms with Gasteiger partial charge in [-0.25, -0.2) is 9.37 Å². The van der Waals surface area contributed by atoms with Crippen molar-refractivity contribution in [1.29, 1.82) is 0 Å². The van der Waals surface area contributed by atoms with Crippen LogP contribution in [0.2, 0.25) is 0 Å². The molecule has 128 valence electrons. The zero-order valence-corrected chi connectivity index (χ0v) is 14.2. The molecule has 1 N–H and O–H groups in total. The van der Waals surface area contributed by atoms with Gasteiger partial charge in [0.2, 0.25) is 5.91 Å². The Bertz CT molecular complexity index is 628. The number of nitrogens with zero attached hydrogens (tertiary/aromatic N) is 3. The van der Waals surface area contributed by atoms with E-state index in [1.807, 2.05) is 4.90 Å². The molecule has 0 bridgehead atoms. The van der Waals surface area contributed by atoms with E-state index in [0.29, 0.717) is 31.7 Å². The van der Waals surface area contributed by atoms with Gasteiger partial charge in [-0.3, -0.25) is 9.59 Å². The van der Waals surface area contributed by atoms with Gasteiger partial charge in [0.15, 0.2) is 0 Å². The molecule has 7 heteroatoms. The second-order valence-electron chi connectivity index (χ2n) is 7.27. The van der Waals surface area contributed by atoms with Crippen LogP contribution in [0.1, 0.15) is 33.6 Å². The maximum absolute atomic E-state index is 14.8. The summed E-state index contributed by atoms with van der Waals surface area (Å²) >= 11 is 0. The Labute approximate surface area is 135 Å². The molecule has 0 aliphatic carbocycles. The third-order valence-corrected chi connectivity index (χ3v) is 4.19. The number of aryl methyl sites for hydroxylation is 1. The maximum atomic E-state index is 14.8. The molecular formula is C16H25FN4O2. The van der Waals surface area contributed by atoms with Gasteiger partial charge in [0.25, 0.3) is 5.56 Å². The van der Waals surface area contributed by atoms with Crippen molar-refractivity contribution in [3.8, 4) is 0 Å². The first-order chi connectivity index (χ1) is 10.6. The highest BCUT2D eigenvalue weighted by Gasteiger charge is 2.36. The van der Waals surface area contributed by atoms with Gasteiger partial charge in [0.1, 0.15) is 11.5 Å². The number of nitrogens with one attached hydrogen (secondary N) is 1. The number of hydrogen-bond acceptors (Lipinski definition) is 4. The molecule has 2 rings (SSSR count). The lowest BCUT2D eigenvalue weighted by molar-refractivity contribution is -0.129. The summed E-state index contributed by atoms with van der Waals surface area (Å²) in [4.78, 5) is 29.6. The zero-order valence-electron chi connectivity index (χ0n) is 14.2. The maximum Gasteiger partial charge on any atom is 0.255 e. The van der Waals surface area contributed by atoms with Crippen LogP contribution in [0.3, 0.4) is 0 Å². The highest BCUT2D eigenvalue weighted by molar-refractivity contribution is 5.81. The predicted molar refractivity (Wildman–Crippen MR) is 87.2 cm³/mol. The van der Waals surface area contributed by atoms with Crippen LogP contribution in [-0.4, -0.2) is 40.8 Å². The summed E-state index contributed by atoms with van der Waals surface area (Å²) in [6, 6.07) is 1.46. The molecule has 1 fully saturated rings. The van der Waals surface area contributed by atoms with E-state index < -0.39 is 11.1 Å². The Morgan fingerprint density at radius 2 is 2.00 bits per heavy atom. The Balaban J connectivity index is 1.93. The molecule has 0 radical (unpaired) electrons. The lowest BCUT2D eigenvalue weighted by atomic mass is 9.91. The van der Waals surface area contributed by atoms with E-state index in [0.717, 1.165) is 0 Å². The Morgan fingerprint density at radius 1 is 1.39 bits per heavy atom. The van der Waals surface area contributed by atoms with Crippen molar-refractivity contribution in [2.24, 2.45) is 12.5 Å². The van der Waals surface area contributed by atoms with Crippen LogP contribution in [0.4, 0.5) is 10.2 Å². The van der Waals surface area contributed by atoms with Crippen molar-refractivity contribution >= 4 is 11.7 Å². The van der Waals surface area contributed by atoms with Crippen molar-refractivity contribution in [2.75, 3.05) is 24.5 Å². The van der Waals surface area contributed by atoms with Crippen molar-refractivity contribution in [3.63, 3.8) is 0 Å². The van der Waals surface area contributed by atoms with Gasteiger partial charge in [-0.1, -0.05) is 20.8 Å². The minimum Gasteiger partial charge on any atom is -0.356 e. The smallest absolute Gasteiger partial charge is 0.255 e. The first-order valence-electron chi connectivity index (χ1n) is 7.86. The number of halogens is 1. The Hall–Kier alpha value is -1.92. The first-order valence-corrected chi connectivity index (χ1v) is 7.86. The van der Waals surface area contributed by atoms with E-state index in [1.54, 1.807) is 27.8 Å². The average molecular weight is 324 g/mol. The summed E-state index contributed by atoms with van der Waals surface area (Å²) < 4.78 is 16.2. The monoisotopic (exact) mass is 324 g/mol. The van der Waals surface area contributed by atoms with Crippen LogP contribution in [0.15, 0.2) is 17.2 Å². The summed E-state index contributed by atoms with van der Waals surface area (Å²) in [5.41, 5.74) is -2.06. The molecule has 1 amide bonds. The molecule has 2 heterocycles. The highest BCUT2D eigenvalue weighted by atomic mass is 19.1. The largest absolute Gasteiger partial charge is 0.356 e. The van der Waals surface area contributed by atoms with Crippen LogP contribution in [0.25, 0.3) is 0 Å². The van der Waals surface area contributed by atoms with Crippen molar-refractivity contribution in [1.82, 2.24) is 14.9 Å². The fourth-order valence-corrected chi connectivity index (χ4v) is 2.44. The zero-order chi connectivity index (χ0) is 17.3. The first kappa shape index (κ1) is 17.4. The van der Waals surface area contributed by atoms with Gasteiger partial charge in [-0.15, -0.1) is 0 Å². The summed E-state index contributed by atoms with van der Waals surface area (Å²) in [5, 5.41) is 2.70. The highest BCUT2D eigenvalue weighted by Crippen LogP contribution is 2.28. The molecule has 1 aromatic rings. The molecule has 1 aliphatic rings. The topological polar surface area (TPSA) is 67.2 Å². The van der Waals surface area contributed by atoms with E-state index in [4.69, 9.17) is 0 Å². The second-order valence-corrected chi connectivity index (χ2v) is 7.27. The number of carbonyl (C=O) groups is 1. The lowest BCUT2D eigenvalue weighted by Crippen LogP contribution is -2.50. The van der Waals surface area contributed by atoms with Crippen molar-refractivity contribution < 1.29 is 9.18 Å². The molecule has 0 aromatic carbocycles. The lowest BCUT2D eigenvalue weighted by Gasteiger charge is -2.37. The Morgan fingerprint density at radius 3 is 2.52 bits per heavy atom. The molecule has 0 unspecified atom stereocenters. The molecule has 0 spiro atoms. The van der Waals surface area contributed by atoms with Gasteiger partial charge < -0.3 is 14.8 Å². The molecule has 0 atom stereocenters. The van der Waals surface area contributed by atoms with Gasteiger partial charge in [-0.05, 0) is 0 Å². The molecular weight excluding hydrogens is 299 g/mol. The normalized spacial score (nSPS) is 17.9. The van der Waals surface area contributed by atoms with Gasteiger partial charge in [0.05, 0.1) is 12.9 Å². The van der Waals surface area contributed by atoms with Gasteiger partial charge in [0, 0.05) is 44.5 Å². The molecule has 1 aliphatic heterocycles. The molecule has 1 aromatic heterocycles. The summed E-state index contributed by atoms with van der Waals surface area (Å²) in [6.45, 7) is 6.39. The van der Waals surface area contributed by atoms with Gasteiger partial charge >= 0.3 is 0 Å². The minimum atomic E-state index is -1.41. The fraction of sp³-hybridized carbons (Fsp3) is 0.688. The summed E-state index contributed by atoms with van der Waals surface area (Å²) in [7, 11) is 1.64. The number of amides is 1. The number of piperidine rings is 1. The molecule has 1 saturated heterocycles. The fourth-order valence-electron chi connectivity index (χ4n) is 2.44. The van der Waals surface area contributed by atoms with Crippen molar-refractivity contribution in [2.45, 2.75) is 39.3 Å². The van der Waals surface area contributed by atoms with E-state index in [2.05, 4.69) is 10.3 Å². The van der Waals surface area contributed by atoms with E-state index in [1.165, 1.54) is 17.0 Å². The van der Waals surface area contributed by atoms with Crippen molar-refractivity contribution in [3.05, 3.63) is 22.7 Å². The Kier molecular flexibility index (Phi) is 4.77. The number of alkyl halides is 1. The number of rotatable bonds is 3. The third-order valence-electron chi connectivity index (χ3n) is 4.19. The second kappa shape index (κ2) is 6.29. The summed E-state index contributed by atoms with van der Waals surface area (Å²) in [6.07, 6.45) is 2.07. The predicted octanol–water partition coefficient (Wildman–Crippen LogP) is 1.25. The van der Waals surface area contributed by atoms with E-state index in [-0.39, 0.29) is 18.0 Å². The number of hydrogen-bond donors (Lipinski definition) is 1. The van der Waals surface area contributed by atoms with Gasteiger partial charge in [-0.2, -0.15) is 0 Å². The van der Waals surface area contributed by atoms with Crippen LogP contribution < -0.4 is 15.8 Å².